The molecule has 0 spiro atoms. The summed E-state index contributed by atoms with van der Waals surface area (Å²) in [7, 11) is 3.80. The van der Waals surface area contributed by atoms with Gasteiger partial charge >= 0.3 is 0 Å². The molecule has 0 aliphatic carbocycles. The number of benzene rings is 1. The topological polar surface area (TPSA) is 104 Å². The summed E-state index contributed by atoms with van der Waals surface area (Å²) >= 11 is 0. The Morgan fingerprint density at radius 2 is 1.96 bits per heavy atom. The van der Waals surface area contributed by atoms with Crippen molar-refractivity contribution in [2.75, 3.05) is 65.3 Å². The summed E-state index contributed by atoms with van der Waals surface area (Å²) in [5.74, 6) is 0.785. The molecule has 0 aliphatic heterocycles. The van der Waals surface area contributed by atoms with Crippen molar-refractivity contribution in [3.05, 3.63) is 34.4 Å². The number of rotatable bonds is 13. The minimum atomic E-state index is -0.403. The number of non-ortho nitro benzene ring substituents is 1. The molecule has 0 unspecified atom stereocenters. The fourth-order valence-corrected chi connectivity index (χ4v) is 2.35. The molecule has 3 N–H and O–H groups in total. The lowest BCUT2D eigenvalue weighted by Crippen LogP contribution is -2.40. The van der Waals surface area contributed by atoms with Gasteiger partial charge in [0.25, 0.3) is 5.69 Å². The lowest BCUT2D eigenvalue weighted by atomic mass is 10.3. The first-order chi connectivity index (χ1) is 13.1. The van der Waals surface area contributed by atoms with Crippen molar-refractivity contribution in [3.63, 3.8) is 0 Å². The fourth-order valence-electron chi connectivity index (χ4n) is 2.35. The SMILES string of the molecule is CCNC(=NCCN(C)CCCOC)NCCNc1ccc([N+](=O)[O-])cc1. The molecule has 9 heteroatoms. The number of nitrogens with one attached hydrogen (secondary N) is 3. The number of nitro groups is 1. The normalized spacial score (nSPS) is 11.5. The molecule has 0 saturated heterocycles. The third-order valence-electron chi connectivity index (χ3n) is 3.81. The van der Waals surface area contributed by atoms with Gasteiger partial charge in [0.1, 0.15) is 0 Å². The van der Waals surface area contributed by atoms with Crippen LogP contribution in [0.5, 0.6) is 0 Å². The molecular formula is C18H32N6O3. The van der Waals surface area contributed by atoms with Crippen LogP contribution in [0.1, 0.15) is 13.3 Å². The van der Waals surface area contributed by atoms with Crippen molar-refractivity contribution in [3.8, 4) is 0 Å². The van der Waals surface area contributed by atoms with E-state index in [4.69, 9.17) is 4.74 Å². The molecule has 152 valence electrons. The number of ether oxygens (including phenoxy) is 1. The Bertz CT molecular complexity index is 565. The van der Waals surface area contributed by atoms with E-state index in [0.717, 1.165) is 44.3 Å². The van der Waals surface area contributed by atoms with E-state index in [2.05, 4.69) is 32.9 Å². The zero-order valence-electron chi connectivity index (χ0n) is 16.5. The molecular weight excluding hydrogens is 348 g/mol. The molecule has 0 radical (unpaired) electrons. The van der Waals surface area contributed by atoms with E-state index in [-0.39, 0.29) is 5.69 Å². The number of hydrogen-bond donors (Lipinski definition) is 3. The van der Waals surface area contributed by atoms with Gasteiger partial charge in [0, 0.05) is 64.3 Å². The van der Waals surface area contributed by atoms with Crippen LogP contribution in [-0.2, 0) is 4.74 Å². The van der Waals surface area contributed by atoms with Crippen LogP contribution in [0, 0.1) is 10.1 Å². The molecule has 1 aromatic carbocycles. The highest BCUT2D eigenvalue weighted by molar-refractivity contribution is 5.79. The van der Waals surface area contributed by atoms with E-state index in [9.17, 15) is 10.1 Å². The Balaban J connectivity index is 2.29. The second-order valence-electron chi connectivity index (χ2n) is 6.07. The third kappa shape index (κ3) is 10.4. The van der Waals surface area contributed by atoms with Gasteiger partial charge in [-0.25, -0.2) is 0 Å². The number of likely N-dealkylation sites (N-methyl/N-ethyl adjacent to an activating group) is 1. The van der Waals surface area contributed by atoms with Gasteiger partial charge in [-0.3, -0.25) is 15.1 Å². The zero-order valence-corrected chi connectivity index (χ0v) is 16.5. The van der Waals surface area contributed by atoms with Gasteiger partial charge < -0.3 is 25.6 Å². The van der Waals surface area contributed by atoms with E-state index in [1.807, 2.05) is 6.92 Å². The molecule has 0 heterocycles. The molecule has 9 nitrogen and oxygen atoms in total. The van der Waals surface area contributed by atoms with Crippen molar-refractivity contribution in [1.82, 2.24) is 15.5 Å². The Morgan fingerprint density at radius 1 is 1.22 bits per heavy atom. The maximum atomic E-state index is 10.6. The number of aliphatic imine (C=N–C) groups is 1. The van der Waals surface area contributed by atoms with Gasteiger partial charge in [0.15, 0.2) is 5.96 Å². The molecule has 0 saturated carbocycles. The number of nitrogens with zero attached hydrogens (tertiary/aromatic N) is 3. The van der Waals surface area contributed by atoms with E-state index in [1.165, 1.54) is 12.1 Å². The Hall–Kier alpha value is -2.39. The van der Waals surface area contributed by atoms with Crippen molar-refractivity contribution in [1.29, 1.82) is 0 Å². The molecule has 1 rings (SSSR count). The van der Waals surface area contributed by atoms with Crippen LogP contribution in [0.25, 0.3) is 0 Å². The van der Waals surface area contributed by atoms with Crippen molar-refractivity contribution >= 4 is 17.3 Å². The third-order valence-corrected chi connectivity index (χ3v) is 3.81. The number of hydrogen-bond acceptors (Lipinski definition) is 6. The molecule has 0 amide bonds. The second-order valence-corrected chi connectivity index (χ2v) is 6.07. The van der Waals surface area contributed by atoms with E-state index >= 15 is 0 Å². The summed E-state index contributed by atoms with van der Waals surface area (Å²) in [6.07, 6.45) is 1.02. The van der Waals surface area contributed by atoms with Crippen LogP contribution in [-0.4, -0.2) is 75.8 Å². The van der Waals surface area contributed by atoms with Crippen LogP contribution in [0.3, 0.4) is 0 Å². The zero-order chi connectivity index (χ0) is 19.9. The van der Waals surface area contributed by atoms with Crippen molar-refractivity contribution < 1.29 is 9.66 Å². The molecule has 27 heavy (non-hydrogen) atoms. The van der Waals surface area contributed by atoms with E-state index < -0.39 is 4.92 Å². The minimum absolute atomic E-state index is 0.0902. The Kier molecular flexibility index (Phi) is 11.5. The highest BCUT2D eigenvalue weighted by Gasteiger charge is 2.03. The second kappa shape index (κ2) is 13.8. The van der Waals surface area contributed by atoms with Crippen LogP contribution in [0.4, 0.5) is 11.4 Å². The quantitative estimate of drug-likeness (QED) is 0.157. The average molecular weight is 380 g/mol. The van der Waals surface area contributed by atoms with Crippen molar-refractivity contribution in [2.45, 2.75) is 13.3 Å². The van der Waals surface area contributed by atoms with Gasteiger partial charge in [-0.1, -0.05) is 0 Å². The molecule has 0 bridgehead atoms. The van der Waals surface area contributed by atoms with Crippen LogP contribution in [0.15, 0.2) is 29.3 Å². The number of guanidine groups is 1. The van der Waals surface area contributed by atoms with Crippen molar-refractivity contribution in [2.24, 2.45) is 4.99 Å². The first-order valence-corrected chi connectivity index (χ1v) is 9.24. The standard InChI is InChI=1S/C18H32N6O3/c1-4-19-18(22-12-14-23(2)13-5-15-27-3)21-11-10-20-16-6-8-17(9-7-16)24(25)26/h6-9,20H,4-5,10-15H2,1-3H3,(H2,19,21,22). The highest BCUT2D eigenvalue weighted by atomic mass is 16.6. The molecule has 0 atom stereocenters. The monoisotopic (exact) mass is 380 g/mol. The van der Waals surface area contributed by atoms with E-state index in [1.54, 1.807) is 19.2 Å². The summed E-state index contributed by atoms with van der Waals surface area (Å²) in [5.41, 5.74) is 0.939. The van der Waals surface area contributed by atoms with Gasteiger partial charge in [-0.2, -0.15) is 0 Å². The molecule has 0 fully saturated rings. The predicted molar refractivity (Wildman–Crippen MR) is 110 cm³/mol. The van der Waals surface area contributed by atoms with Crippen LogP contribution >= 0.6 is 0 Å². The van der Waals surface area contributed by atoms with Gasteiger partial charge in [0.2, 0.25) is 0 Å². The smallest absolute Gasteiger partial charge is 0.269 e. The van der Waals surface area contributed by atoms with E-state index in [0.29, 0.717) is 19.6 Å². The summed E-state index contributed by atoms with van der Waals surface area (Å²) < 4.78 is 5.06. The van der Waals surface area contributed by atoms with Gasteiger partial charge in [-0.05, 0) is 32.5 Å². The van der Waals surface area contributed by atoms with Gasteiger partial charge in [-0.15, -0.1) is 0 Å². The van der Waals surface area contributed by atoms with Crippen LogP contribution < -0.4 is 16.0 Å². The Morgan fingerprint density at radius 3 is 2.59 bits per heavy atom. The van der Waals surface area contributed by atoms with Crippen LogP contribution in [0.2, 0.25) is 0 Å². The van der Waals surface area contributed by atoms with Gasteiger partial charge in [0.05, 0.1) is 11.5 Å². The summed E-state index contributed by atoms with van der Waals surface area (Å²) in [4.78, 5) is 17.1. The maximum absolute atomic E-state index is 10.6. The number of anilines is 1. The first kappa shape index (κ1) is 22.7. The molecule has 1 aromatic rings. The average Bonchev–Trinajstić information content (AvgIpc) is 2.65. The lowest BCUT2D eigenvalue weighted by Gasteiger charge is -2.16. The number of methoxy groups -OCH3 is 1. The fraction of sp³-hybridized carbons (Fsp3) is 0.611. The summed E-state index contributed by atoms with van der Waals surface area (Å²) in [6, 6.07) is 6.39. The first-order valence-electron chi connectivity index (χ1n) is 9.24. The maximum Gasteiger partial charge on any atom is 0.269 e. The summed E-state index contributed by atoms with van der Waals surface area (Å²) in [6.45, 7) is 7.57. The minimum Gasteiger partial charge on any atom is -0.385 e. The summed E-state index contributed by atoms with van der Waals surface area (Å²) in [5, 5.41) is 20.4. The highest BCUT2D eigenvalue weighted by Crippen LogP contribution is 2.14. The Labute approximate surface area is 161 Å². The molecule has 0 aromatic heterocycles. The number of nitro benzene ring substituents is 1. The molecule has 0 aliphatic rings. The largest absolute Gasteiger partial charge is 0.385 e. The lowest BCUT2D eigenvalue weighted by molar-refractivity contribution is -0.384. The predicted octanol–water partition coefficient (Wildman–Crippen LogP) is 1.53.